The fraction of sp³-hybridized carbons (Fsp3) is 0.516. The van der Waals surface area contributed by atoms with E-state index in [9.17, 15) is 9.90 Å². The molecule has 4 aromatic heterocycles. The topological polar surface area (TPSA) is 111 Å². The third-order valence-corrected chi connectivity index (χ3v) is 9.56. The number of aliphatic hydroxyl groups is 1. The Morgan fingerprint density at radius 3 is 2.62 bits per heavy atom. The van der Waals surface area contributed by atoms with Crippen molar-refractivity contribution in [2.24, 2.45) is 11.7 Å². The van der Waals surface area contributed by atoms with Crippen molar-refractivity contribution >= 4 is 22.6 Å². The molecular formula is C31H38N6O3. The number of carbonyl (C=O) groups is 1. The second-order valence-electron chi connectivity index (χ2n) is 12.3. The summed E-state index contributed by atoms with van der Waals surface area (Å²) < 4.78 is 10.1. The molecule has 3 fully saturated rings. The molecule has 9 heteroatoms. The zero-order chi connectivity index (χ0) is 27.9. The molecule has 6 heterocycles. The molecule has 3 N–H and O–H groups in total. The summed E-state index contributed by atoms with van der Waals surface area (Å²) in [4.78, 5) is 25.8. The third kappa shape index (κ3) is 3.85. The van der Waals surface area contributed by atoms with Crippen LogP contribution in [0.25, 0.3) is 28.1 Å². The molecule has 4 aromatic rings. The Bertz CT molecular complexity index is 1650. The molecule has 1 saturated carbocycles. The predicted molar refractivity (Wildman–Crippen MR) is 153 cm³/mol. The SMILES string of the molecule is CC[C@](C)(O)c1ccc2cc(-c3nc4cc(C(=O)N5[C@H]6CC[C@@H]5[C@H](N)C6)cc(OC)n4c3C)n(CC3CC3)c2n1. The number of imidazole rings is 1. The molecule has 0 radical (unpaired) electrons. The Hall–Kier alpha value is -3.43. The number of hydrogen-bond donors (Lipinski definition) is 2. The van der Waals surface area contributed by atoms with Crippen molar-refractivity contribution in [1.82, 2.24) is 23.8 Å². The number of hydrogen-bond acceptors (Lipinski definition) is 6. The molecule has 40 heavy (non-hydrogen) atoms. The molecule has 3 aliphatic rings. The Labute approximate surface area is 234 Å². The Kier molecular flexibility index (Phi) is 5.77. The maximum atomic E-state index is 13.7. The van der Waals surface area contributed by atoms with E-state index in [2.05, 4.69) is 10.6 Å². The van der Waals surface area contributed by atoms with Gasteiger partial charge in [0.2, 0.25) is 0 Å². The largest absolute Gasteiger partial charge is 0.482 e. The van der Waals surface area contributed by atoms with Crippen molar-refractivity contribution in [2.75, 3.05) is 7.11 Å². The smallest absolute Gasteiger partial charge is 0.254 e. The van der Waals surface area contributed by atoms with Gasteiger partial charge in [0.25, 0.3) is 5.91 Å². The number of nitrogens with zero attached hydrogens (tertiary/aromatic N) is 5. The Morgan fingerprint density at radius 2 is 1.98 bits per heavy atom. The van der Waals surface area contributed by atoms with Gasteiger partial charge in [-0.05, 0) is 82.6 Å². The van der Waals surface area contributed by atoms with E-state index in [0.717, 1.165) is 53.9 Å². The first kappa shape index (κ1) is 25.5. The molecule has 210 valence electrons. The first-order valence-electron chi connectivity index (χ1n) is 14.6. The third-order valence-electron chi connectivity index (χ3n) is 9.56. The van der Waals surface area contributed by atoms with Crippen molar-refractivity contribution in [3.63, 3.8) is 0 Å². The van der Waals surface area contributed by atoms with Crippen molar-refractivity contribution in [3.05, 3.63) is 47.3 Å². The van der Waals surface area contributed by atoms with Crippen LogP contribution in [-0.2, 0) is 12.1 Å². The van der Waals surface area contributed by atoms with Gasteiger partial charge in [-0.15, -0.1) is 0 Å². The summed E-state index contributed by atoms with van der Waals surface area (Å²) >= 11 is 0. The quantitative estimate of drug-likeness (QED) is 0.358. The minimum absolute atomic E-state index is 0.00556. The van der Waals surface area contributed by atoms with Gasteiger partial charge < -0.3 is 25.0 Å². The van der Waals surface area contributed by atoms with Crippen LogP contribution in [-0.4, -0.2) is 60.1 Å². The van der Waals surface area contributed by atoms with Gasteiger partial charge in [0.05, 0.1) is 24.2 Å². The number of carbonyl (C=O) groups excluding carboxylic acids is 1. The fourth-order valence-electron chi connectivity index (χ4n) is 6.84. The Morgan fingerprint density at radius 1 is 1.18 bits per heavy atom. The number of fused-ring (bicyclic) bond motifs is 4. The average Bonchev–Trinajstić information content (AvgIpc) is 3.27. The lowest BCUT2D eigenvalue weighted by molar-refractivity contribution is 0.0488. The van der Waals surface area contributed by atoms with Crippen LogP contribution < -0.4 is 10.5 Å². The molecule has 2 saturated heterocycles. The molecule has 9 nitrogen and oxygen atoms in total. The number of methoxy groups -OCH3 is 1. The van der Waals surface area contributed by atoms with E-state index in [1.165, 1.54) is 12.8 Å². The van der Waals surface area contributed by atoms with E-state index in [4.69, 9.17) is 20.4 Å². The predicted octanol–water partition coefficient (Wildman–Crippen LogP) is 4.40. The summed E-state index contributed by atoms with van der Waals surface area (Å²) in [6.45, 7) is 6.68. The maximum absolute atomic E-state index is 13.7. The number of aromatic nitrogens is 4. The Balaban J connectivity index is 1.36. The summed E-state index contributed by atoms with van der Waals surface area (Å²) in [7, 11) is 1.63. The highest BCUT2D eigenvalue weighted by molar-refractivity contribution is 5.96. The number of rotatable bonds is 7. The second-order valence-corrected chi connectivity index (χ2v) is 12.3. The molecule has 0 aromatic carbocycles. The summed E-state index contributed by atoms with van der Waals surface area (Å²) in [5.41, 5.74) is 10.9. The van der Waals surface area contributed by atoms with Crippen molar-refractivity contribution in [1.29, 1.82) is 0 Å². The second kappa shape index (κ2) is 9.04. The van der Waals surface area contributed by atoms with Crippen molar-refractivity contribution < 1.29 is 14.6 Å². The first-order valence-corrected chi connectivity index (χ1v) is 14.6. The van der Waals surface area contributed by atoms with Crippen LogP contribution in [0.15, 0.2) is 30.3 Å². The number of pyridine rings is 2. The standard InChI is InChI=1S/C31H38N6O3/c1-5-31(3,39)25-11-8-19-12-24(35(29(19)33-25)16-18-6-7-18)28-17(2)36-26(34-28)13-20(14-27(36)40-4)30(38)37-21-9-10-23(37)22(32)15-21/h8,11-14,18,21-23,39H,5-7,9-10,15-16,32H2,1-4H3/t21-,22+,23+,31-/m0/s1. The van der Waals surface area contributed by atoms with Crippen LogP contribution in [0.4, 0.5) is 0 Å². The van der Waals surface area contributed by atoms with Crippen molar-refractivity contribution in [2.45, 2.75) is 89.6 Å². The number of nitrogens with two attached hydrogens (primary N) is 1. The van der Waals surface area contributed by atoms with Crippen LogP contribution in [0, 0.1) is 12.8 Å². The van der Waals surface area contributed by atoms with Gasteiger partial charge in [0, 0.05) is 41.7 Å². The minimum Gasteiger partial charge on any atom is -0.482 e. The molecule has 1 amide bonds. The monoisotopic (exact) mass is 542 g/mol. The summed E-state index contributed by atoms with van der Waals surface area (Å²) in [5, 5.41) is 11.9. The zero-order valence-electron chi connectivity index (χ0n) is 23.7. The van der Waals surface area contributed by atoms with Gasteiger partial charge in [0.1, 0.15) is 22.6 Å². The minimum atomic E-state index is -0.989. The van der Waals surface area contributed by atoms with Gasteiger partial charge in [-0.3, -0.25) is 9.20 Å². The van der Waals surface area contributed by atoms with Crippen LogP contribution in [0.5, 0.6) is 5.88 Å². The molecule has 4 atom stereocenters. The molecule has 0 unspecified atom stereocenters. The van der Waals surface area contributed by atoms with Gasteiger partial charge in [0.15, 0.2) is 5.88 Å². The lowest BCUT2D eigenvalue weighted by atomic mass is 9.97. The molecule has 7 rings (SSSR count). The number of amides is 1. The van der Waals surface area contributed by atoms with E-state index in [-0.39, 0.29) is 24.0 Å². The lowest BCUT2D eigenvalue weighted by Crippen LogP contribution is -2.40. The van der Waals surface area contributed by atoms with Crippen LogP contribution in [0.2, 0.25) is 0 Å². The molecular weight excluding hydrogens is 504 g/mol. The summed E-state index contributed by atoms with van der Waals surface area (Å²) in [5.74, 6) is 1.20. The van der Waals surface area contributed by atoms with Gasteiger partial charge >= 0.3 is 0 Å². The number of ether oxygens (including phenoxy) is 1. The molecule has 0 spiro atoms. The van der Waals surface area contributed by atoms with E-state index < -0.39 is 5.60 Å². The van der Waals surface area contributed by atoms with E-state index >= 15 is 0 Å². The summed E-state index contributed by atoms with van der Waals surface area (Å²) in [6, 6.07) is 10.2. The van der Waals surface area contributed by atoms with Gasteiger partial charge in [-0.1, -0.05) is 6.92 Å². The van der Waals surface area contributed by atoms with Crippen LogP contribution >= 0.6 is 0 Å². The van der Waals surface area contributed by atoms with Gasteiger partial charge in [-0.25, -0.2) is 9.97 Å². The highest BCUT2D eigenvalue weighted by atomic mass is 16.5. The molecule has 2 aliphatic heterocycles. The van der Waals surface area contributed by atoms with Crippen molar-refractivity contribution in [3.8, 4) is 17.3 Å². The van der Waals surface area contributed by atoms with Gasteiger partial charge in [-0.2, -0.15) is 0 Å². The van der Waals surface area contributed by atoms with Crippen LogP contribution in [0.3, 0.4) is 0 Å². The fourth-order valence-corrected chi connectivity index (χ4v) is 6.84. The lowest BCUT2D eigenvalue weighted by Gasteiger charge is -2.23. The first-order chi connectivity index (χ1) is 19.2. The summed E-state index contributed by atoms with van der Waals surface area (Å²) in [6.07, 6.45) is 5.86. The van der Waals surface area contributed by atoms with E-state index in [1.54, 1.807) is 7.11 Å². The highest BCUT2D eigenvalue weighted by Gasteiger charge is 2.47. The molecule has 2 bridgehead atoms. The van der Waals surface area contributed by atoms with Crippen LogP contribution in [0.1, 0.15) is 74.1 Å². The average molecular weight is 543 g/mol. The highest BCUT2D eigenvalue weighted by Crippen LogP contribution is 2.40. The maximum Gasteiger partial charge on any atom is 0.254 e. The zero-order valence-corrected chi connectivity index (χ0v) is 23.7. The molecule has 1 aliphatic carbocycles. The number of aryl methyl sites for hydroxylation is 1. The van der Waals surface area contributed by atoms with E-state index in [0.29, 0.717) is 35.1 Å². The normalized spacial score (nSPS) is 23.9. The van der Waals surface area contributed by atoms with E-state index in [1.807, 2.05) is 54.3 Å².